The van der Waals surface area contributed by atoms with E-state index in [0.717, 1.165) is 5.56 Å². The third-order valence-corrected chi connectivity index (χ3v) is 2.18. The highest BCUT2D eigenvalue weighted by molar-refractivity contribution is 5.75. The van der Waals surface area contributed by atoms with Crippen LogP contribution in [0.25, 0.3) is 6.08 Å². The summed E-state index contributed by atoms with van der Waals surface area (Å²) >= 11 is 0. The molecule has 0 aliphatic carbocycles. The first kappa shape index (κ1) is 14.3. The van der Waals surface area contributed by atoms with Gasteiger partial charge in [-0.05, 0) is 33.8 Å². The van der Waals surface area contributed by atoms with Gasteiger partial charge in [-0.2, -0.15) is 0 Å². The number of esters is 1. The molecule has 0 aromatic heterocycles. The van der Waals surface area contributed by atoms with E-state index >= 15 is 0 Å². The Morgan fingerprint density at radius 1 is 1.33 bits per heavy atom. The van der Waals surface area contributed by atoms with Crippen molar-refractivity contribution in [1.29, 1.82) is 0 Å². The molecular weight excluding hydrogens is 228 g/mol. The summed E-state index contributed by atoms with van der Waals surface area (Å²) in [6.07, 6.45) is 1.04. The molecule has 0 heterocycles. The lowest BCUT2D eigenvalue weighted by atomic mass is 10.2. The lowest BCUT2D eigenvalue weighted by Gasteiger charge is -2.23. The minimum absolute atomic E-state index is 0.374. The lowest BCUT2D eigenvalue weighted by molar-refractivity contribution is -0.162. The van der Waals surface area contributed by atoms with E-state index in [-0.39, 0.29) is 5.97 Å². The second-order valence-corrected chi connectivity index (χ2v) is 5.04. The Kier molecular flexibility index (Phi) is 4.54. The molecule has 0 aliphatic heterocycles. The molecule has 3 nitrogen and oxygen atoms in total. The number of carbonyl (C=O) groups excluding carboxylic acids is 1. The third kappa shape index (κ3) is 4.24. The molecule has 0 aliphatic rings. The minimum atomic E-state index is -0.648. The van der Waals surface area contributed by atoms with Gasteiger partial charge in [-0.3, -0.25) is 0 Å². The first-order valence-electron chi connectivity index (χ1n) is 5.94. The fourth-order valence-electron chi connectivity index (χ4n) is 1.38. The summed E-state index contributed by atoms with van der Waals surface area (Å²) in [6.45, 7) is 10.9. The van der Waals surface area contributed by atoms with Gasteiger partial charge in [-0.1, -0.05) is 30.9 Å². The van der Waals surface area contributed by atoms with E-state index < -0.39 is 11.7 Å². The van der Waals surface area contributed by atoms with Gasteiger partial charge >= 0.3 is 5.97 Å². The van der Waals surface area contributed by atoms with Crippen molar-refractivity contribution in [3.8, 4) is 5.75 Å². The molecule has 1 rings (SSSR count). The quantitative estimate of drug-likeness (QED) is 0.766. The van der Waals surface area contributed by atoms with Gasteiger partial charge in [0.05, 0.1) is 0 Å². The zero-order chi connectivity index (χ0) is 13.8. The second-order valence-electron chi connectivity index (χ2n) is 5.04. The molecule has 0 fully saturated rings. The van der Waals surface area contributed by atoms with Gasteiger partial charge in [0.25, 0.3) is 0 Å². The van der Waals surface area contributed by atoms with Crippen molar-refractivity contribution in [2.24, 2.45) is 0 Å². The molecule has 1 aromatic carbocycles. The molecule has 98 valence electrons. The van der Waals surface area contributed by atoms with Crippen LogP contribution >= 0.6 is 0 Å². The summed E-state index contributed by atoms with van der Waals surface area (Å²) in [5, 5.41) is 0. The first-order chi connectivity index (χ1) is 8.33. The fourth-order valence-corrected chi connectivity index (χ4v) is 1.38. The molecule has 1 unspecified atom stereocenters. The van der Waals surface area contributed by atoms with Crippen LogP contribution in [0.1, 0.15) is 33.3 Å². The Morgan fingerprint density at radius 3 is 2.50 bits per heavy atom. The molecule has 1 aromatic rings. The Morgan fingerprint density at radius 2 is 1.94 bits per heavy atom. The number of rotatable bonds is 4. The monoisotopic (exact) mass is 248 g/mol. The van der Waals surface area contributed by atoms with Crippen molar-refractivity contribution in [3.05, 3.63) is 36.4 Å². The van der Waals surface area contributed by atoms with Crippen LogP contribution in [0.2, 0.25) is 0 Å². The smallest absolute Gasteiger partial charge is 0.347 e. The highest BCUT2D eigenvalue weighted by Crippen LogP contribution is 2.21. The molecule has 0 spiro atoms. The van der Waals surface area contributed by atoms with Gasteiger partial charge in [0.15, 0.2) is 6.10 Å². The third-order valence-electron chi connectivity index (χ3n) is 2.18. The van der Waals surface area contributed by atoms with Crippen LogP contribution < -0.4 is 4.74 Å². The SMILES string of the molecule is C=Cc1ccccc1OC(C)C(=O)OC(C)(C)C. The van der Waals surface area contributed by atoms with Crippen molar-refractivity contribution in [2.75, 3.05) is 0 Å². The average Bonchev–Trinajstić information content (AvgIpc) is 2.27. The summed E-state index contributed by atoms with van der Waals surface area (Å²) in [5.74, 6) is 0.257. The summed E-state index contributed by atoms with van der Waals surface area (Å²) in [6, 6.07) is 7.42. The number of benzene rings is 1. The van der Waals surface area contributed by atoms with Gasteiger partial charge in [0.1, 0.15) is 11.4 Å². The maximum atomic E-state index is 11.8. The van der Waals surface area contributed by atoms with E-state index in [1.54, 1.807) is 19.1 Å². The Balaban J connectivity index is 2.72. The van der Waals surface area contributed by atoms with Gasteiger partial charge in [0, 0.05) is 5.56 Å². The van der Waals surface area contributed by atoms with Crippen molar-refractivity contribution >= 4 is 12.0 Å². The van der Waals surface area contributed by atoms with Crippen LogP contribution in [-0.2, 0) is 9.53 Å². The standard InChI is InChI=1S/C15H20O3/c1-6-12-9-7-8-10-13(12)17-11(2)14(16)18-15(3,4)5/h6-11H,1H2,2-5H3. The molecule has 18 heavy (non-hydrogen) atoms. The van der Waals surface area contributed by atoms with E-state index in [0.29, 0.717) is 5.75 Å². The van der Waals surface area contributed by atoms with Gasteiger partial charge in [-0.15, -0.1) is 0 Å². The van der Waals surface area contributed by atoms with Crippen LogP contribution in [0, 0.1) is 0 Å². The van der Waals surface area contributed by atoms with Crippen LogP contribution in [0.5, 0.6) is 5.75 Å². The first-order valence-corrected chi connectivity index (χ1v) is 5.94. The summed E-state index contributed by atoms with van der Waals surface area (Å²) in [5.41, 5.74) is 0.347. The summed E-state index contributed by atoms with van der Waals surface area (Å²) < 4.78 is 10.9. The Labute approximate surface area is 108 Å². The van der Waals surface area contributed by atoms with Gasteiger partial charge in [0.2, 0.25) is 0 Å². The molecule has 0 amide bonds. The largest absolute Gasteiger partial charge is 0.478 e. The van der Waals surface area contributed by atoms with E-state index in [2.05, 4.69) is 6.58 Å². The van der Waals surface area contributed by atoms with Crippen molar-refractivity contribution < 1.29 is 14.3 Å². The highest BCUT2D eigenvalue weighted by Gasteiger charge is 2.23. The number of hydrogen-bond acceptors (Lipinski definition) is 3. The van der Waals surface area contributed by atoms with Gasteiger partial charge in [-0.25, -0.2) is 4.79 Å². The number of carbonyl (C=O) groups is 1. The second kappa shape index (κ2) is 5.71. The normalized spacial score (nSPS) is 12.7. The summed E-state index contributed by atoms with van der Waals surface area (Å²) in [4.78, 5) is 11.8. The summed E-state index contributed by atoms with van der Waals surface area (Å²) in [7, 11) is 0. The van der Waals surface area contributed by atoms with E-state index in [1.165, 1.54) is 0 Å². The lowest BCUT2D eigenvalue weighted by Crippen LogP contribution is -2.33. The van der Waals surface area contributed by atoms with Crippen LogP contribution in [0.3, 0.4) is 0 Å². The molecule has 3 heteroatoms. The Bertz CT molecular complexity index is 430. The molecule has 0 saturated carbocycles. The molecule has 0 radical (unpaired) electrons. The zero-order valence-corrected chi connectivity index (χ0v) is 11.4. The Hall–Kier alpha value is -1.77. The predicted molar refractivity (Wildman–Crippen MR) is 72.5 cm³/mol. The fraction of sp³-hybridized carbons (Fsp3) is 0.400. The zero-order valence-electron chi connectivity index (χ0n) is 11.4. The minimum Gasteiger partial charge on any atom is -0.478 e. The predicted octanol–water partition coefficient (Wildman–Crippen LogP) is 3.44. The number of hydrogen-bond donors (Lipinski definition) is 0. The topological polar surface area (TPSA) is 35.5 Å². The molecule has 0 bridgehead atoms. The number of para-hydroxylation sites is 1. The average molecular weight is 248 g/mol. The highest BCUT2D eigenvalue weighted by atomic mass is 16.6. The number of ether oxygens (including phenoxy) is 2. The van der Waals surface area contributed by atoms with Crippen molar-refractivity contribution in [1.82, 2.24) is 0 Å². The van der Waals surface area contributed by atoms with Crippen LogP contribution in [0.4, 0.5) is 0 Å². The van der Waals surface area contributed by atoms with Crippen molar-refractivity contribution in [3.63, 3.8) is 0 Å². The molecule has 1 atom stereocenters. The van der Waals surface area contributed by atoms with E-state index in [1.807, 2.05) is 39.0 Å². The van der Waals surface area contributed by atoms with Crippen LogP contribution in [-0.4, -0.2) is 17.7 Å². The maximum Gasteiger partial charge on any atom is 0.347 e. The molecule has 0 saturated heterocycles. The van der Waals surface area contributed by atoms with E-state index in [9.17, 15) is 4.79 Å². The van der Waals surface area contributed by atoms with E-state index in [4.69, 9.17) is 9.47 Å². The van der Waals surface area contributed by atoms with Crippen molar-refractivity contribution in [2.45, 2.75) is 39.4 Å². The maximum absolute atomic E-state index is 11.8. The van der Waals surface area contributed by atoms with Gasteiger partial charge < -0.3 is 9.47 Å². The van der Waals surface area contributed by atoms with Crippen LogP contribution in [0.15, 0.2) is 30.8 Å². The molecular formula is C15H20O3. The molecule has 0 N–H and O–H groups in total.